The van der Waals surface area contributed by atoms with Crippen molar-refractivity contribution in [2.45, 2.75) is 31.6 Å². The summed E-state index contributed by atoms with van der Waals surface area (Å²) in [7, 11) is -3.66. The minimum atomic E-state index is -3.66. The number of hydrogen-bond acceptors (Lipinski definition) is 5. The van der Waals surface area contributed by atoms with Crippen molar-refractivity contribution in [1.82, 2.24) is 14.4 Å². The summed E-state index contributed by atoms with van der Waals surface area (Å²) in [5.41, 5.74) is 3.40. The van der Waals surface area contributed by atoms with Gasteiger partial charge in [0.25, 0.3) is 0 Å². The van der Waals surface area contributed by atoms with E-state index in [0.717, 1.165) is 16.7 Å². The quantitative estimate of drug-likeness (QED) is 0.734. The van der Waals surface area contributed by atoms with E-state index in [9.17, 15) is 13.2 Å². The number of aromatic nitrogens is 1. The molecule has 2 aliphatic heterocycles. The predicted molar refractivity (Wildman–Crippen MR) is 103 cm³/mol. The highest BCUT2D eigenvalue weighted by Gasteiger charge is 2.40. The molecule has 1 aromatic carbocycles. The van der Waals surface area contributed by atoms with Crippen LogP contribution in [0.4, 0.5) is 0 Å². The molecule has 1 amide bonds. The topological polar surface area (TPSA) is 83.7 Å². The minimum absolute atomic E-state index is 0.0701. The number of nitrogens with zero attached hydrogens (tertiary/aromatic N) is 3. The molecule has 2 aromatic rings. The first-order valence-corrected chi connectivity index (χ1v) is 10.7. The van der Waals surface area contributed by atoms with E-state index in [0.29, 0.717) is 37.6 Å². The maximum absolute atomic E-state index is 13.0. The van der Waals surface area contributed by atoms with Gasteiger partial charge in [-0.3, -0.25) is 4.79 Å². The van der Waals surface area contributed by atoms with E-state index in [4.69, 9.17) is 4.52 Å². The van der Waals surface area contributed by atoms with Crippen LogP contribution in [0, 0.1) is 13.8 Å². The monoisotopic (exact) mass is 401 g/mol. The molecule has 0 saturated carbocycles. The Labute approximate surface area is 164 Å². The summed E-state index contributed by atoms with van der Waals surface area (Å²) in [6.07, 6.45) is 0. The average Bonchev–Trinajstić information content (AvgIpc) is 3.34. The SMILES string of the molecule is Cc1noc(C)c1S(=O)(=O)N1CC2=C(CN(C(=O)[C@H](C)c3ccccc3)C2)C1. The van der Waals surface area contributed by atoms with Crippen molar-refractivity contribution in [1.29, 1.82) is 0 Å². The maximum Gasteiger partial charge on any atom is 0.249 e. The molecule has 0 N–H and O–H groups in total. The van der Waals surface area contributed by atoms with Crippen molar-refractivity contribution >= 4 is 15.9 Å². The molecule has 1 aromatic heterocycles. The van der Waals surface area contributed by atoms with Gasteiger partial charge in [-0.1, -0.05) is 35.5 Å². The van der Waals surface area contributed by atoms with Gasteiger partial charge in [-0.2, -0.15) is 4.31 Å². The fourth-order valence-corrected chi connectivity index (χ4v) is 5.72. The molecule has 0 spiro atoms. The van der Waals surface area contributed by atoms with Crippen molar-refractivity contribution in [2.75, 3.05) is 26.2 Å². The first-order valence-electron chi connectivity index (χ1n) is 9.25. The third-order valence-corrected chi connectivity index (χ3v) is 7.58. The third kappa shape index (κ3) is 3.06. The zero-order chi connectivity index (χ0) is 20.1. The van der Waals surface area contributed by atoms with E-state index < -0.39 is 10.0 Å². The van der Waals surface area contributed by atoms with Gasteiger partial charge in [0, 0.05) is 26.2 Å². The Hall–Kier alpha value is -2.45. The molecule has 0 radical (unpaired) electrons. The van der Waals surface area contributed by atoms with Crippen LogP contribution >= 0.6 is 0 Å². The highest BCUT2D eigenvalue weighted by Crippen LogP contribution is 2.33. The Morgan fingerprint density at radius 2 is 1.68 bits per heavy atom. The van der Waals surface area contributed by atoms with E-state index in [1.165, 1.54) is 4.31 Å². The fraction of sp³-hybridized carbons (Fsp3) is 0.400. The van der Waals surface area contributed by atoms with Crippen molar-refractivity contribution < 1.29 is 17.7 Å². The largest absolute Gasteiger partial charge is 0.360 e. The van der Waals surface area contributed by atoms with Crippen molar-refractivity contribution in [3.63, 3.8) is 0 Å². The van der Waals surface area contributed by atoms with Crippen LogP contribution in [0.25, 0.3) is 0 Å². The van der Waals surface area contributed by atoms with Crippen LogP contribution in [0.3, 0.4) is 0 Å². The molecule has 0 unspecified atom stereocenters. The Morgan fingerprint density at radius 3 is 2.21 bits per heavy atom. The highest BCUT2D eigenvalue weighted by atomic mass is 32.2. The standard InChI is InChI=1S/C20H23N3O4S/c1-13(16-7-5-4-6-8-16)20(24)22-9-17-11-23(12-18(17)10-22)28(25,26)19-14(2)21-27-15(19)3/h4-8,13H,9-12H2,1-3H3/t13-/m1/s1. The normalized spacial score (nSPS) is 18.6. The van der Waals surface area contributed by atoms with E-state index in [1.807, 2.05) is 42.2 Å². The van der Waals surface area contributed by atoms with E-state index in [-0.39, 0.29) is 16.7 Å². The molecule has 0 fully saturated rings. The number of aryl methyl sites for hydroxylation is 2. The van der Waals surface area contributed by atoms with Crippen molar-refractivity contribution in [2.24, 2.45) is 0 Å². The number of amides is 1. The first-order chi connectivity index (χ1) is 13.3. The molecule has 2 aliphatic rings. The minimum Gasteiger partial charge on any atom is -0.360 e. The van der Waals surface area contributed by atoms with Gasteiger partial charge in [-0.15, -0.1) is 0 Å². The number of benzene rings is 1. The number of hydrogen-bond donors (Lipinski definition) is 0. The molecule has 0 aliphatic carbocycles. The first kappa shape index (κ1) is 18.9. The Bertz CT molecular complexity index is 1020. The molecular formula is C20H23N3O4S. The number of carbonyl (C=O) groups excluding carboxylic acids is 1. The smallest absolute Gasteiger partial charge is 0.249 e. The van der Waals surface area contributed by atoms with E-state index in [1.54, 1.807) is 13.8 Å². The summed E-state index contributed by atoms with van der Waals surface area (Å²) in [6.45, 7) is 6.74. The zero-order valence-corrected chi connectivity index (χ0v) is 17.0. The van der Waals surface area contributed by atoms with Gasteiger partial charge in [0.2, 0.25) is 15.9 Å². The Morgan fingerprint density at radius 1 is 1.07 bits per heavy atom. The molecular weight excluding hydrogens is 378 g/mol. The van der Waals surface area contributed by atoms with Crippen LogP contribution < -0.4 is 0 Å². The lowest BCUT2D eigenvalue weighted by Gasteiger charge is -2.25. The van der Waals surface area contributed by atoms with Gasteiger partial charge < -0.3 is 9.42 Å². The number of sulfonamides is 1. The summed E-state index contributed by atoms with van der Waals surface area (Å²) in [5.74, 6) is 0.155. The van der Waals surface area contributed by atoms with Crippen LogP contribution in [-0.4, -0.2) is 54.9 Å². The van der Waals surface area contributed by atoms with Gasteiger partial charge >= 0.3 is 0 Å². The summed E-state index contributed by atoms with van der Waals surface area (Å²) >= 11 is 0. The van der Waals surface area contributed by atoms with Gasteiger partial charge in [0.1, 0.15) is 10.6 Å². The second-order valence-electron chi connectivity index (χ2n) is 7.46. The molecule has 7 nitrogen and oxygen atoms in total. The summed E-state index contributed by atoms with van der Waals surface area (Å²) in [6, 6.07) is 9.70. The van der Waals surface area contributed by atoms with Crippen LogP contribution in [0.1, 0.15) is 29.9 Å². The average molecular weight is 401 g/mol. The van der Waals surface area contributed by atoms with Crippen LogP contribution in [0.2, 0.25) is 0 Å². The van der Waals surface area contributed by atoms with Gasteiger partial charge in [-0.05, 0) is 37.5 Å². The second kappa shape index (κ2) is 6.86. The molecule has 0 bridgehead atoms. The molecule has 4 rings (SSSR count). The van der Waals surface area contributed by atoms with E-state index in [2.05, 4.69) is 5.16 Å². The summed E-state index contributed by atoms with van der Waals surface area (Å²) in [5, 5.41) is 3.76. The Kier molecular flexibility index (Phi) is 4.63. The van der Waals surface area contributed by atoms with Gasteiger partial charge in [-0.25, -0.2) is 8.42 Å². The van der Waals surface area contributed by atoms with Crippen molar-refractivity contribution in [3.05, 3.63) is 58.5 Å². The van der Waals surface area contributed by atoms with Gasteiger partial charge in [0.15, 0.2) is 5.76 Å². The third-order valence-electron chi connectivity index (χ3n) is 5.55. The molecule has 1 atom stereocenters. The summed E-state index contributed by atoms with van der Waals surface area (Å²) < 4.78 is 32.5. The second-order valence-corrected chi connectivity index (χ2v) is 9.33. The van der Waals surface area contributed by atoms with Gasteiger partial charge in [0.05, 0.1) is 5.92 Å². The lowest BCUT2D eigenvalue weighted by molar-refractivity contribution is -0.131. The van der Waals surface area contributed by atoms with Crippen molar-refractivity contribution in [3.8, 4) is 0 Å². The molecule has 28 heavy (non-hydrogen) atoms. The van der Waals surface area contributed by atoms with Crippen LogP contribution in [-0.2, 0) is 14.8 Å². The lowest BCUT2D eigenvalue weighted by Crippen LogP contribution is -2.38. The molecule has 8 heteroatoms. The lowest BCUT2D eigenvalue weighted by atomic mass is 10.00. The predicted octanol–water partition coefficient (Wildman–Crippen LogP) is 2.24. The van der Waals surface area contributed by atoms with Crippen LogP contribution in [0.5, 0.6) is 0 Å². The zero-order valence-electron chi connectivity index (χ0n) is 16.2. The summed E-state index contributed by atoms with van der Waals surface area (Å²) in [4.78, 5) is 14.9. The van der Waals surface area contributed by atoms with E-state index >= 15 is 0 Å². The fourth-order valence-electron chi connectivity index (χ4n) is 4.00. The van der Waals surface area contributed by atoms with Crippen LogP contribution in [0.15, 0.2) is 50.9 Å². The number of rotatable bonds is 4. The molecule has 3 heterocycles. The highest BCUT2D eigenvalue weighted by molar-refractivity contribution is 7.89. The molecule has 148 valence electrons. The maximum atomic E-state index is 13.0. The Balaban J connectivity index is 1.45. The number of carbonyl (C=O) groups is 1. The molecule has 0 saturated heterocycles.